The maximum atomic E-state index is 6.21. The van der Waals surface area contributed by atoms with Gasteiger partial charge >= 0.3 is 0 Å². The normalized spacial score (nSPS) is 19.0. The Hall–Kier alpha value is -3.16. The number of hydrogen-bond acceptors (Lipinski definition) is 1. The molecule has 1 heteroatoms. The van der Waals surface area contributed by atoms with Gasteiger partial charge in [-0.3, -0.25) is 0 Å². The van der Waals surface area contributed by atoms with Gasteiger partial charge in [-0.05, 0) is 53.7 Å². The fourth-order valence-electron chi connectivity index (χ4n) is 4.32. The van der Waals surface area contributed by atoms with Crippen molar-refractivity contribution >= 4 is 11.1 Å². The number of benzene rings is 3. The van der Waals surface area contributed by atoms with Crippen LogP contribution in [-0.4, -0.2) is 6.54 Å². The van der Waals surface area contributed by atoms with E-state index < -0.39 is 0 Å². The first-order valence-corrected chi connectivity index (χ1v) is 11.0. The zero-order valence-electron chi connectivity index (χ0n) is 18.7. The van der Waals surface area contributed by atoms with Crippen molar-refractivity contribution in [2.75, 3.05) is 6.54 Å². The maximum absolute atomic E-state index is 6.21. The lowest BCUT2D eigenvalue weighted by molar-refractivity contribution is 0.589. The van der Waals surface area contributed by atoms with Crippen LogP contribution < -0.4 is 5.73 Å². The molecule has 3 aromatic carbocycles. The molecule has 0 aliphatic heterocycles. The minimum atomic E-state index is -0.0515. The van der Waals surface area contributed by atoms with Crippen LogP contribution in [-0.2, 0) is 5.41 Å². The molecular weight excluding hydrogens is 374 g/mol. The van der Waals surface area contributed by atoms with E-state index in [2.05, 4.69) is 112 Å². The smallest absolute Gasteiger partial charge is 0.0184 e. The van der Waals surface area contributed by atoms with E-state index in [1.807, 2.05) is 6.07 Å². The molecule has 1 atom stereocenters. The highest BCUT2D eigenvalue weighted by Gasteiger charge is 2.29. The van der Waals surface area contributed by atoms with E-state index in [1.165, 1.54) is 44.5 Å². The molecule has 0 saturated heterocycles. The van der Waals surface area contributed by atoms with E-state index in [4.69, 9.17) is 5.73 Å². The molecule has 0 radical (unpaired) electrons. The highest BCUT2D eigenvalue weighted by Crippen LogP contribution is 2.41. The van der Waals surface area contributed by atoms with Gasteiger partial charge in [-0.2, -0.15) is 0 Å². The molecule has 1 aliphatic rings. The molecule has 3 aromatic rings. The molecule has 0 fully saturated rings. The minimum absolute atomic E-state index is 0.0515. The van der Waals surface area contributed by atoms with Gasteiger partial charge in [-0.1, -0.05) is 115 Å². The molecule has 0 heterocycles. The van der Waals surface area contributed by atoms with Crippen LogP contribution in [0.2, 0.25) is 0 Å². The van der Waals surface area contributed by atoms with Crippen LogP contribution in [0.5, 0.6) is 0 Å². The first-order valence-electron chi connectivity index (χ1n) is 11.0. The van der Waals surface area contributed by atoms with Crippen LogP contribution >= 0.6 is 0 Å². The Morgan fingerprint density at radius 1 is 0.871 bits per heavy atom. The fourth-order valence-corrected chi connectivity index (χ4v) is 4.32. The third-order valence-corrected chi connectivity index (χ3v) is 6.31. The third kappa shape index (κ3) is 4.62. The van der Waals surface area contributed by atoms with Gasteiger partial charge in [-0.15, -0.1) is 0 Å². The summed E-state index contributed by atoms with van der Waals surface area (Å²) < 4.78 is 0. The predicted octanol–water partition coefficient (Wildman–Crippen LogP) is 7.02. The van der Waals surface area contributed by atoms with E-state index in [9.17, 15) is 0 Å². The summed E-state index contributed by atoms with van der Waals surface area (Å²) in [5.74, 6) is 0. The van der Waals surface area contributed by atoms with Crippen molar-refractivity contribution in [2.45, 2.75) is 32.6 Å². The molecule has 156 valence electrons. The summed E-state index contributed by atoms with van der Waals surface area (Å²) in [4.78, 5) is 0. The molecule has 1 nitrogen and oxygen atoms in total. The average molecular weight is 406 g/mol. The minimum Gasteiger partial charge on any atom is -0.326 e. The van der Waals surface area contributed by atoms with Crippen molar-refractivity contribution in [3.8, 4) is 0 Å². The molecule has 4 rings (SSSR count). The Balaban J connectivity index is 1.82. The van der Waals surface area contributed by atoms with Crippen LogP contribution in [0.15, 0.2) is 103 Å². The number of rotatable bonds is 5. The van der Waals surface area contributed by atoms with Gasteiger partial charge in [0.05, 0.1) is 0 Å². The molecule has 0 amide bonds. The quantitative estimate of drug-likeness (QED) is 0.485. The molecule has 0 bridgehead atoms. The Morgan fingerprint density at radius 3 is 2.10 bits per heavy atom. The zero-order chi connectivity index (χ0) is 21.8. The van der Waals surface area contributed by atoms with E-state index >= 15 is 0 Å². The average Bonchev–Trinajstić information content (AvgIpc) is 2.79. The van der Waals surface area contributed by atoms with Crippen molar-refractivity contribution in [2.24, 2.45) is 5.73 Å². The van der Waals surface area contributed by atoms with Crippen LogP contribution in [0.3, 0.4) is 0 Å². The highest BCUT2D eigenvalue weighted by atomic mass is 14.5. The van der Waals surface area contributed by atoms with Crippen molar-refractivity contribution in [3.63, 3.8) is 0 Å². The first kappa shape index (κ1) is 21.1. The Labute approximate surface area is 186 Å². The fraction of sp³-hybridized carbons (Fsp3) is 0.200. The summed E-state index contributed by atoms with van der Waals surface area (Å²) in [5.41, 5.74) is 16.3. The molecule has 0 saturated carbocycles. The number of aryl methyl sites for hydroxylation is 2. The van der Waals surface area contributed by atoms with E-state index in [0.29, 0.717) is 6.54 Å². The second-order valence-corrected chi connectivity index (χ2v) is 8.84. The topological polar surface area (TPSA) is 26.0 Å². The lowest BCUT2D eigenvalue weighted by atomic mass is 9.71. The Morgan fingerprint density at radius 2 is 1.48 bits per heavy atom. The van der Waals surface area contributed by atoms with Crippen molar-refractivity contribution < 1.29 is 0 Å². The molecule has 31 heavy (non-hydrogen) atoms. The summed E-state index contributed by atoms with van der Waals surface area (Å²) in [6.07, 6.45) is 7.93. The predicted molar refractivity (Wildman–Crippen MR) is 134 cm³/mol. The molecule has 1 aliphatic carbocycles. The van der Waals surface area contributed by atoms with E-state index in [0.717, 1.165) is 6.42 Å². The van der Waals surface area contributed by atoms with Gasteiger partial charge in [-0.25, -0.2) is 0 Å². The Bertz CT molecular complexity index is 1130. The summed E-state index contributed by atoms with van der Waals surface area (Å²) in [6.45, 7) is 7.12. The monoisotopic (exact) mass is 405 g/mol. The lowest BCUT2D eigenvalue weighted by Crippen LogP contribution is -2.22. The summed E-state index contributed by atoms with van der Waals surface area (Å²) in [7, 11) is 0. The van der Waals surface area contributed by atoms with Crippen molar-refractivity contribution in [1.29, 1.82) is 0 Å². The molecule has 0 unspecified atom stereocenters. The maximum Gasteiger partial charge on any atom is 0.0184 e. The zero-order valence-corrected chi connectivity index (χ0v) is 18.7. The van der Waals surface area contributed by atoms with Crippen LogP contribution in [0.4, 0.5) is 0 Å². The molecular formula is C30H31N. The van der Waals surface area contributed by atoms with Gasteiger partial charge in [0.2, 0.25) is 0 Å². The summed E-state index contributed by atoms with van der Waals surface area (Å²) in [5, 5.41) is 0. The number of nitrogens with two attached hydrogens (primary N) is 1. The van der Waals surface area contributed by atoms with Gasteiger partial charge < -0.3 is 5.73 Å². The van der Waals surface area contributed by atoms with Gasteiger partial charge in [0.15, 0.2) is 0 Å². The SMILES string of the molecule is Cc1ccc(C2=C(/C=C(\CN)c3ccccc3)C[C@](C)(c3ccc(C)cc3)C=C2)cc1. The standard InChI is InChI=1S/C30H31N/c1-22-9-13-25(14-10-22)29-17-18-30(3,28-15-11-23(2)12-16-28)20-26(29)19-27(21-31)24-7-5-4-6-8-24/h4-19H,20-21,31H2,1-3H3/b27-19+/t30-/m1/s1. The third-order valence-electron chi connectivity index (χ3n) is 6.31. The lowest BCUT2D eigenvalue weighted by Gasteiger charge is -2.32. The van der Waals surface area contributed by atoms with Gasteiger partial charge in [0, 0.05) is 12.0 Å². The highest BCUT2D eigenvalue weighted by molar-refractivity contribution is 5.83. The Kier molecular flexibility index (Phi) is 6.06. The largest absolute Gasteiger partial charge is 0.326 e. The first-order chi connectivity index (χ1) is 15.0. The molecule has 0 aromatic heterocycles. The van der Waals surface area contributed by atoms with Crippen LogP contribution in [0.25, 0.3) is 11.1 Å². The van der Waals surface area contributed by atoms with Crippen molar-refractivity contribution in [3.05, 3.63) is 130 Å². The van der Waals surface area contributed by atoms with Crippen LogP contribution in [0.1, 0.15) is 41.2 Å². The second-order valence-electron chi connectivity index (χ2n) is 8.84. The number of allylic oxidation sites excluding steroid dienone is 5. The molecule has 2 N–H and O–H groups in total. The van der Waals surface area contributed by atoms with Crippen LogP contribution in [0, 0.1) is 13.8 Å². The molecule has 0 spiro atoms. The van der Waals surface area contributed by atoms with E-state index in [1.54, 1.807) is 0 Å². The summed E-state index contributed by atoms with van der Waals surface area (Å²) >= 11 is 0. The van der Waals surface area contributed by atoms with Crippen molar-refractivity contribution in [1.82, 2.24) is 0 Å². The van der Waals surface area contributed by atoms with Gasteiger partial charge in [0.25, 0.3) is 0 Å². The second kappa shape index (κ2) is 8.91. The summed E-state index contributed by atoms with van der Waals surface area (Å²) in [6, 6.07) is 28.2. The number of hydrogen-bond donors (Lipinski definition) is 1. The van der Waals surface area contributed by atoms with E-state index in [-0.39, 0.29) is 5.41 Å². The van der Waals surface area contributed by atoms with Gasteiger partial charge in [0.1, 0.15) is 0 Å².